The highest BCUT2D eigenvalue weighted by Crippen LogP contribution is 2.32. The molecule has 1 heterocycles. The first kappa shape index (κ1) is 20.9. The average Bonchev–Trinajstić information content (AvgIpc) is 2.63. The fourth-order valence-electron chi connectivity index (χ4n) is 3.84. The molecule has 3 rings (SSSR count). The molecule has 142 valence electrons. The number of aliphatic hydroxyl groups is 1. The predicted octanol–water partition coefficient (Wildman–Crippen LogP) is 4.08. The second-order valence-corrected chi connectivity index (χ2v) is 7.47. The molecule has 0 spiro atoms. The first-order valence-corrected chi connectivity index (χ1v) is 9.26. The summed E-state index contributed by atoms with van der Waals surface area (Å²) in [5.41, 5.74) is 2.68. The maximum absolute atomic E-state index is 11.6. The summed E-state index contributed by atoms with van der Waals surface area (Å²) in [5, 5.41) is 14.9. The van der Waals surface area contributed by atoms with E-state index >= 15 is 0 Å². The van der Waals surface area contributed by atoms with Gasteiger partial charge in [0.15, 0.2) is 0 Å². The monoisotopic (exact) mass is 375 g/mol. The molecule has 0 saturated carbocycles. The summed E-state index contributed by atoms with van der Waals surface area (Å²) < 4.78 is 5.95. The number of hydrogen-bond donors (Lipinski definition) is 2. The van der Waals surface area contributed by atoms with Crippen LogP contribution in [-0.4, -0.2) is 36.5 Å². The summed E-state index contributed by atoms with van der Waals surface area (Å²) in [5.74, 6) is 0.402. The normalized spacial score (nSPS) is 19.6. The molecule has 0 aromatic heterocycles. The number of hydrogen-bond acceptors (Lipinski definition) is 3. The minimum atomic E-state index is -0.869. The van der Waals surface area contributed by atoms with Crippen LogP contribution in [0.25, 0.3) is 11.1 Å². The third kappa shape index (κ3) is 5.08. The molecule has 1 fully saturated rings. The van der Waals surface area contributed by atoms with Crippen LogP contribution in [0.5, 0.6) is 0 Å². The summed E-state index contributed by atoms with van der Waals surface area (Å²) in [6.07, 6.45) is 1.15. The van der Waals surface area contributed by atoms with Crippen molar-refractivity contribution in [2.75, 3.05) is 19.7 Å². The standard InChI is InChI=1S/C22H29NO2.ClH/c1-17(2)14-22(24,21-16-23-12-13-25-21)15-19-10-6-7-11-20(19)18-8-4-3-5-9-18;/h3-11,17,21,23-24H,12-16H2,1-2H3;1H. The molecule has 3 nitrogen and oxygen atoms in total. The van der Waals surface area contributed by atoms with Gasteiger partial charge in [0, 0.05) is 19.5 Å². The Labute approximate surface area is 163 Å². The fraction of sp³-hybridized carbons (Fsp3) is 0.455. The lowest BCUT2D eigenvalue weighted by molar-refractivity contribution is -0.127. The SMILES string of the molecule is CC(C)CC(O)(Cc1ccccc1-c1ccccc1)C1CNCCO1.Cl. The molecular formula is C22H30ClNO2. The van der Waals surface area contributed by atoms with Gasteiger partial charge in [-0.3, -0.25) is 0 Å². The van der Waals surface area contributed by atoms with Crippen molar-refractivity contribution in [3.05, 3.63) is 60.2 Å². The van der Waals surface area contributed by atoms with E-state index in [1.165, 1.54) is 16.7 Å². The molecule has 26 heavy (non-hydrogen) atoms. The molecule has 1 saturated heterocycles. The van der Waals surface area contributed by atoms with Crippen LogP contribution in [-0.2, 0) is 11.2 Å². The highest BCUT2D eigenvalue weighted by Gasteiger charge is 2.39. The second-order valence-electron chi connectivity index (χ2n) is 7.47. The Bertz CT molecular complexity index is 671. The quantitative estimate of drug-likeness (QED) is 0.799. The van der Waals surface area contributed by atoms with Gasteiger partial charge in [-0.15, -0.1) is 12.4 Å². The fourth-order valence-corrected chi connectivity index (χ4v) is 3.84. The Morgan fingerprint density at radius 1 is 1.12 bits per heavy atom. The Morgan fingerprint density at radius 3 is 2.46 bits per heavy atom. The summed E-state index contributed by atoms with van der Waals surface area (Å²) in [6.45, 7) is 6.53. The van der Waals surface area contributed by atoms with E-state index in [0.29, 0.717) is 25.5 Å². The Morgan fingerprint density at radius 2 is 1.81 bits per heavy atom. The van der Waals surface area contributed by atoms with E-state index in [9.17, 15) is 5.11 Å². The largest absolute Gasteiger partial charge is 0.387 e. The van der Waals surface area contributed by atoms with Gasteiger partial charge in [0.1, 0.15) is 0 Å². The van der Waals surface area contributed by atoms with Crippen LogP contribution in [0.15, 0.2) is 54.6 Å². The van der Waals surface area contributed by atoms with Crippen molar-refractivity contribution >= 4 is 12.4 Å². The lowest BCUT2D eigenvalue weighted by Crippen LogP contribution is -2.55. The number of rotatable bonds is 6. The van der Waals surface area contributed by atoms with Gasteiger partial charge in [0.25, 0.3) is 0 Å². The molecule has 2 unspecified atom stereocenters. The number of morpholine rings is 1. The van der Waals surface area contributed by atoms with Crippen LogP contribution in [0.2, 0.25) is 0 Å². The van der Waals surface area contributed by atoms with Crippen LogP contribution in [0.4, 0.5) is 0 Å². The molecule has 2 aromatic rings. The molecule has 2 aromatic carbocycles. The molecule has 4 heteroatoms. The highest BCUT2D eigenvalue weighted by atomic mass is 35.5. The summed E-state index contributed by atoms with van der Waals surface area (Å²) in [7, 11) is 0. The smallest absolute Gasteiger partial charge is 0.0989 e. The first-order valence-electron chi connectivity index (χ1n) is 9.26. The van der Waals surface area contributed by atoms with Crippen molar-refractivity contribution in [3.8, 4) is 11.1 Å². The van der Waals surface area contributed by atoms with Crippen molar-refractivity contribution in [1.82, 2.24) is 5.32 Å². The highest BCUT2D eigenvalue weighted by molar-refractivity contribution is 5.85. The lowest BCUT2D eigenvalue weighted by atomic mass is 9.80. The Hall–Kier alpha value is -1.39. The van der Waals surface area contributed by atoms with Gasteiger partial charge in [0.05, 0.1) is 18.3 Å². The van der Waals surface area contributed by atoms with Crippen molar-refractivity contribution in [3.63, 3.8) is 0 Å². The number of nitrogens with one attached hydrogen (secondary N) is 1. The van der Waals surface area contributed by atoms with Gasteiger partial charge in [0.2, 0.25) is 0 Å². The van der Waals surface area contributed by atoms with Crippen molar-refractivity contribution in [2.24, 2.45) is 5.92 Å². The van der Waals surface area contributed by atoms with E-state index < -0.39 is 5.60 Å². The van der Waals surface area contributed by atoms with Crippen molar-refractivity contribution in [2.45, 2.75) is 38.4 Å². The average molecular weight is 376 g/mol. The molecule has 0 amide bonds. The molecule has 0 radical (unpaired) electrons. The first-order chi connectivity index (χ1) is 12.1. The van der Waals surface area contributed by atoms with E-state index in [-0.39, 0.29) is 18.5 Å². The van der Waals surface area contributed by atoms with Gasteiger partial charge in [-0.05, 0) is 29.0 Å². The minimum absolute atomic E-state index is 0. The minimum Gasteiger partial charge on any atom is -0.387 e. The van der Waals surface area contributed by atoms with Crippen LogP contribution < -0.4 is 5.32 Å². The van der Waals surface area contributed by atoms with Crippen LogP contribution >= 0.6 is 12.4 Å². The predicted molar refractivity (Wildman–Crippen MR) is 110 cm³/mol. The van der Waals surface area contributed by atoms with Gasteiger partial charge in [-0.2, -0.15) is 0 Å². The number of ether oxygens (including phenoxy) is 1. The zero-order valence-electron chi connectivity index (χ0n) is 15.7. The molecule has 2 N–H and O–H groups in total. The zero-order chi connectivity index (χ0) is 17.7. The molecule has 1 aliphatic heterocycles. The van der Waals surface area contributed by atoms with E-state index in [4.69, 9.17) is 4.74 Å². The van der Waals surface area contributed by atoms with E-state index in [0.717, 1.165) is 13.0 Å². The van der Waals surface area contributed by atoms with E-state index in [2.05, 4.69) is 67.7 Å². The third-order valence-corrected chi connectivity index (χ3v) is 4.89. The zero-order valence-corrected chi connectivity index (χ0v) is 16.5. The maximum Gasteiger partial charge on any atom is 0.0989 e. The van der Waals surface area contributed by atoms with E-state index in [1.807, 2.05) is 6.07 Å². The maximum atomic E-state index is 11.6. The molecule has 1 aliphatic rings. The van der Waals surface area contributed by atoms with Gasteiger partial charge in [-0.25, -0.2) is 0 Å². The molecule has 0 aliphatic carbocycles. The van der Waals surface area contributed by atoms with Crippen molar-refractivity contribution < 1.29 is 9.84 Å². The second kappa shape index (κ2) is 9.52. The van der Waals surface area contributed by atoms with Crippen LogP contribution in [0, 0.1) is 5.92 Å². The molecule has 2 atom stereocenters. The number of halogens is 1. The van der Waals surface area contributed by atoms with E-state index in [1.54, 1.807) is 0 Å². The van der Waals surface area contributed by atoms with Crippen LogP contribution in [0.1, 0.15) is 25.8 Å². The summed E-state index contributed by atoms with van der Waals surface area (Å²) in [6, 6.07) is 18.8. The summed E-state index contributed by atoms with van der Waals surface area (Å²) >= 11 is 0. The molecule has 0 bridgehead atoms. The third-order valence-electron chi connectivity index (χ3n) is 4.89. The van der Waals surface area contributed by atoms with Crippen molar-refractivity contribution in [1.29, 1.82) is 0 Å². The Kier molecular flexibility index (Phi) is 7.66. The lowest BCUT2D eigenvalue weighted by Gasteiger charge is -2.40. The topological polar surface area (TPSA) is 41.5 Å². The number of benzene rings is 2. The Balaban J connectivity index is 0.00000243. The van der Waals surface area contributed by atoms with Gasteiger partial charge >= 0.3 is 0 Å². The van der Waals surface area contributed by atoms with Gasteiger partial charge < -0.3 is 15.2 Å². The molecular weight excluding hydrogens is 346 g/mol. The summed E-state index contributed by atoms with van der Waals surface area (Å²) in [4.78, 5) is 0. The van der Waals surface area contributed by atoms with Crippen LogP contribution in [0.3, 0.4) is 0 Å². The van der Waals surface area contributed by atoms with Gasteiger partial charge in [-0.1, -0.05) is 68.4 Å².